The van der Waals surface area contributed by atoms with Crippen LogP contribution in [0.25, 0.3) is 0 Å². The van der Waals surface area contributed by atoms with Crippen molar-refractivity contribution in [2.24, 2.45) is 0 Å². The molecule has 1 atom stereocenters. The number of hydrogen-bond donors (Lipinski definition) is 2. The van der Waals surface area contributed by atoms with E-state index in [9.17, 15) is 22.6 Å². The Labute approximate surface area is 147 Å². The van der Waals surface area contributed by atoms with Gasteiger partial charge >= 0.3 is 5.97 Å². The van der Waals surface area contributed by atoms with Crippen LogP contribution < -0.4 is 4.90 Å². The van der Waals surface area contributed by atoms with E-state index >= 15 is 0 Å². The average Bonchev–Trinajstić information content (AvgIpc) is 2.69. The molecule has 2 rings (SSSR count). The van der Waals surface area contributed by atoms with Gasteiger partial charge in [-0.05, 0) is 43.5 Å². The Morgan fingerprint density at radius 3 is 2.36 bits per heavy atom. The predicted molar refractivity (Wildman–Crippen MR) is 92.3 cm³/mol. The molecule has 1 unspecified atom stereocenters. The van der Waals surface area contributed by atoms with E-state index in [1.165, 1.54) is 12.1 Å². The molecule has 0 saturated heterocycles. The van der Waals surface area contributed by atoms with Gasteiger partial charge in [0.15, 0.2) is 0 Å². The van der Waals surface area contributed by atoms with Crippen molar-refractivity contribution in [3.8, 4) is 0 Å². The minimum atomic E-state index is -4.31. The summed E-state index contributed by atoms with van der Waals surface area (Å²) in [5.74, 6) is -1.00. The summed E-state index contributed by atoms with van der Waals surface area (Å²) in [4.78, 5) is 24.6. The summed E-state index contributed by atoms with van der Waals surface area (Å²) < 4.78 is 32.1. The fourth-order valence-electron chi connectivity index (χ4n) is 3.18. The quantitative estimate of drug-likeness (QED) is 0.589. The fourth-order valence-corrected chi connectivity index (χ4v) is 3.69. The van der Waals surface area contributed by atoms with Crippen LogP contribution in [0.1, 0.15) is 52.0 Å². The highest BCUT2D eigenvalue weighted by Crippen LogP contribution is 2.46. The largest absolute Gasteiger partial charge is 0.481 e. The number of benzene rings is 1. The smallest absolute Gasteiger partial charge is 0.303 e. The van der Waals surface area contributed by atoms with Crippen molar-refractivity contribution >= 4 is 27.7 Å². The molecule has 0 spiro atoms. The molecule has 7 nitrogen and oxygen atoms in total. The maximum atomic E-state index is 12.6. The Kier molecular flexibility index (Phi) is 5.24. The van der Waals surface area contributed by atoms with Crippen LogP contribution >= 0.6 is 0 Å². The van der Waals surface area contributed by atoms with Crippen molar-refractivity contribution in [3.05, 3.63) is 23.8 Å². The predicted octanol–water partition coefficient (Wildman–Crippen LogP) is 2.59. The number of nitrogens with zero attached hydrogens (tertiary/aromatic N) is 1. The molecule has 1 amide bonds. The molecule has 0 fully saturated rings. The van der Waals surface area contributed by atoms with E-state index in [-0.39, 0.29) is 29.7 Å². The minimum absolute atomic E-state index is 0.0304. The molecule has 25 heavy (non-hydrogen) atoms. The standard InChI is InChI=1S/C17H23NO6S/c1-11-17(2,3)13-10-12(25(22,23)24)8-9-14(13)18(11)15(19)6-4-5-7-16(20)21/h8-11H,4-7H2,1-3H3,(H,20,21)(H,22,23,24). The molecule has 1 aromatic carbocycles. The zero-order valence-corrected chi connectivity index (χ0v) is 15.3. The van der Waals surface area contributed by atoms with Crippen LogP contribution in [0.3, 0.4) is 0 Å². The number of hydrogen-bond acceptors (Lipinski definition) is 4. The van der Waals surface area contributed by atoms with Crippen LogP contribution in [0.2, 0.25) is 0 Å². The number of carbonyl (C=O) groups excluding carboxylic acids is 1. The van der Waals surface area contributed by atoms with E-state index in [0.717, 1.165) is 0 Å². The number of aliphatic carboxylic acids is 1. The lowest BCUT2D eigenvalue weighted by Gasteiger charge is -2.30. The monoisotopic (exact) mass is 369 g/mol. The van der Waals surface area contributed by atoms with Gasteiger partial charge in [0, 0.05) is 30.0 Å². The zero-order chi connectivity index (χ0) is 19.0. The lowest BCUT2D eigenvalue weighted by molar-refractivity contribution is -0.137. The van der Waals surface area contributed by atoms with Gasteiger partial charge in [-0.1, -0.05) is 13.8 Å². The number of anilines is 1. The summed E-state index contributed by atoms with van der Waals surface area (Å²) in [5, 5.41) is 8.66. The van der Waals surface area contributed by atoms with Crippen LogP contribution in [0.15, 0.2) is 23.1 Å². The maximum absolute atomic E-state index is 12.6. The second-order valence-electron chi connectivity index (χ2n) is 6.92. The zero-order valence-electron chi connectivity index (χ0n) is 14.5. The van der Waals surface area contributed by atoms with Gasteiger partial charge in [-0.3, -0.25) is 14.1 Å². The lowest BCUT2D eigenvalue weighted by Crippen LogP contribution is -2.42. The van der Waals surface area contributed by atoms with E-state index < -0.39 is 21.5 Å². The normalized spacial score (nSPS) is 18.9. The summed E-state index contributed by atoms with van der Waals surface area (Å²) >= 11 is 0. The fraction of sp³-hybridized carbons (Fsp3) is 0.529. The van der Waals surface area contributed by atoms with Gasteiger partial charge in [0.05, 0.1) is 4.90 Å². The summed E-state index contributed by atoms with van der Waals surface area (Å²) in [5.41, 5.74) is 0.842. The number of carboxylic acid groups (broad SMARTS) is 1. The van der Waals surface area contributed by atoms with Crippen LogP contribution in [0.5, 0.6) is 0 Å². The Morgan fingerprint density at radius 1 is 1.20 bits per heavy atom. The Bertz CT molecular complexity index is 799. The van der Waals surface area contributed by atoms with Crippen molar-refractivity contribution in [3.63, 3.8) is 0 Å². The molecule has 1 aromatic rings. The molecule has 0 saturated carbocycles. The van der Waals surface area contributed by atoms with Gasteiger partial charge in [-0.25, -0.2) is 0 Å². The highest BCUT2D eigenvalue weighted by atomic mass is 32.2. The van der Waals surface area contributed by atoms with E-state index in [0.29, 0.717) is 24.1 Å². The van der Waals surface area contributed by atoms with E-state index in [4.69, 9.17) is 5.11 Å². The third-order valence-electron chi connectivity index (χ3n) is 4.95. The molecule has 0 aliphatic carbocycles. The van der Waals surface area contributed by atoms with Gasteiger partial charge in [0.25, 0.3) is 10.1 Å². The first-order valence-corrected chi connectivity index (χ1v) is 9.56. The van der Waals surface area contributed by atoms with Crippen molar-refractivity contribution in [1.82, 2.24) is 0 Å². The Balaban J connectivity index is 2.28. The third kappa shape index (κ3) is 3.85. The molecule has 8 heteroatoms. The second kappa shape index (κ2) is 6.76. The first-order chi connectivity index (χ1) is 11.5. The van der Waals surface area contributed by atoms with Crippen molar-refractivity contribution in [2.75, 3.05) is 4.90 Å². The highest BCUT2D eigenvalue weighted by molar-refractivity contribution is 7.85. The average molecular weight is 369 g/mol. The number of amides is 1. The van der Waals surface area contributed by atoms with Gasteiger partial charge in [0.1, 0.15) is 0 Å². The summed E-state index contributed by atoms with van der Waals surface area (Å²) in [6.45, 7) is 5.73. The number of rotatable bonds is 6. The van der Waals surface area contributed by atoms with Gasteiger partial charge in [0.2, 0.25) is 5.91 Å². The third-order valence-corrected chi connectivity index (χ3v) is 5.80. The molecule has 0 aromatic heterocycles. The summed E-state index contributed by atoms with van der Waals surface area (Å²) in [6.07, 6.45) is 1.17. The summed E-state index contributed by atoms with van der Waals surface area (Å²) in [7, 11) is -4.31. The molecular weight excluding hydrogens is 346 g/mol. The molecule has 0 bridgehead atoms. The maximum Gasteiger partial charge on any atom is 0.303 e. The lowest BCUT2D eigenvalue weighted by atomic mass is 9.81. The topological polar surface area (TPSA) is 112 Å². The van der Waals surface area contributed by atoms with Crippen molar-refractivity contribution in [2.45, 2.75) is 62.8 Å². The number of unbranched alkanes of at least 4 members (excludes halogenated alkanes) is 1. The van der Waals surface area contributed by atoms with Crippen LogP contribution in [0.4, 0.5) is 5.69 Å². The van der Waals surface area contributed by atoms with Crippen LogP contribution in [0, 0.1) is 0 Å². The van der Waals surface area contributed by atoms with Crippen molar-refractivity contribution in [1.29, 1.82) is 0 Å². The molecule has 138 valence electrons. The SMILES string of the molecule is CC1N(C(=O)CCCCC(=O)O)c2ccc(S(=O)(=O)O)cc2C1(C)C. The van der Waals surface area contributed by atoms with E-state index in [1.54, 1.807) is 11.0 Å². The van der Waals surface area contributed by atoms with Gasteiger partial charge in [-0.2, -0.15) is 8.42 Å². The van der Waals surface area contributed by atoms with Gasteiger partial charge < -0.3 is 10.0 Å². The first kappa shape index (κ1) is 19.4. The molecule has 2 N–H and O–H groups in total. The number of carbonyl (C=O) groups is 2. The molecule has 1 aliphatic heterocycles. The highest BCUT2D eigenvalue weighted by Gasteiger charge is 2.44. The number of fused-ring (bicyclic) bond motifs is 1. The van der Waals surface area contributed by atoms with E-state index in [2.05, 4.69) is 0 Å². The molecular formula is C17H23NO6S. The molecule has 1 aliphatic rings. The minimum Gasteiger partial charge on any atom is -0.481 e. The Morgan fingerprint density at radius 2 is 1.80 bits per heavy atom. The van der Waals surface area contributed by atoms with Crippen LogP contribution in [-0.2, 0) is 25.1 Å². The van der Waals surface area contributed by atoms with E-state index in [1.807, 2.05) is 20.8 Å². The molecule has 0 radical (unpaired) electrons. The molecule has 1 heterocycles. The Hall–Kier alpha value is -1.93. The van der Waals surface area contributed by atoms with Crippen molar-refractivity contribution < 1.29 is 27.7 Å². The van der Waals surface area contributed by atoms with Crippen LogP contribution in [-0.4, -0.2) is 36.0 Å². The second-order valence-corrected chi connectivity index (χ2v) is 8.34. The van der Waals surface area contributed by atoms with Gasteiger partial charge in [-0.15, -0.1) is 0 Å². The first-order valence-electron chi connectivity index (χ1n) is 8.12. The number of carboxylic acids is 1. The summed E-state index contributed by atoms with van der Waals surface area (Å²) in [6, 6.07) is 4.05.